The molecule has 1 aliphatic carbocycles. The highest BCUT2D eigenvalue weighted by Gasteiger charge is 2.54. The number of carbonyl (C=O) groups is 1. The van der Waals surface area contributed by atoms with Crippen molar-refractivity contribution in [1.82, 2.24) is 20.3 Å². The lowest BCUT2D eigenvalue weighted by Crippen LogP contribution is -2.65. The van der Waals surface area contributed by atoms with Gasteiger partial charge in [0.2, 0.25) is 5.88 Å². The summed E-state index contributed by atoms with van der Waals surface area (Å²) in [7, 11) is 0. The van der Waals surface area contributed by atoms with E-state index in [-0.39, 0.29) is 29.7 Å². The molecule has 0 bridgehead atoms. The van der Waals surface area contributed by atoms with Crippen LogP contribution in [-0.4, -0.2) is 46.7 Å². The molecule has 0 atom stereocenters. The van der Waals surface area contributed by atoms with Gasteiger partial charge in [0, 0.05) is 30.9 Å². The summed E-state index contributed by atoms with van der Waals surface area (Å²) in [5.74, 6) is 0.0565. The number of amides is 1. The topological polar surface area (TPSA) is 113 Å². The molecule has 3 aromatic heterocycles. The molecular weight excluding hydrogens is 535 g/mol. The number of nitriles is 1. The van der Waals surface area contributed by atoms with Crippen molar-refractivity contribution in [3.05, 3.63) is 95.8 Å². The van der Waals surface area contributed by atoms with Gasteiger partial charge in [-0.25, -0.2) is 14.4 Å². The lowest BCUT2D eigenvalue weighted by atomic mass is 9.61. The molecule has 9 nitrogen and oxygen atoms in total. The summed E-state index contributed by atoms with van der Waals surface area (Å²) in [6.07, 6.45) is 4.86. The minimum absolute atomic E-state index is 0.0721. The Morgan fingerprint density at radius 2 is 1.95 bits per heavy atom. The molecule has 0 unspecified atom stereocenters. The van der Waals surface area contributed by atoms with Crippen molar-refractivity contribution in [3.63, 3.8) is 0 Å². The molecule has 1 saturated heterocycles. The minimum Gasteiger partial charge on any atom is -0.488 e. The Hall–Kier alpha value is -5.04. The number of hydrogen-bond acceptors (Lipinski definition) is 8. The van der Waals surface area contributed by atoms with Gasteiger partial charge >= 0.3 is 0 Å². The van der Waals surface area contributed by atoms with Crippen molar-refractivity contribution in [2.45, 2.75) is 32.4 Å². The van der Waals surface area contributed by atoms with Crippen LogP contribution in [0.15, 0.2) is 73.1 Å². The largest absolute Gasteiger partial charge is 0.488 e. The van der Waals surface area contributed by atoms with E-state index in [9.17, 15) is 14.4 Å². The molecule has 1 saturated carbocycles. The zero-order valence-corrected chi connectivity index (χ0v) is 23.1. The maximum absolute atomic E-state index is 13.6. The third-order valence-electron chi connectivity index (χ3n) is 7.64. The van der Waals surface area contributed by atoms with E-state index in [1.807, 2.05) is 37.3 Å². The molecule has 2 fully saturated rings. The number of anilines is 1. The second kappa shape index (κ2) is 11.4. The Labute approximate surface area is 243 Å². The van der Waals surface area contributed by atoms with Gasteiger partial charge in [-0.15, -0.1) is 0 Å². The van der Waals surface area contributed by atoms with Crippen LogP contribution in [0.25, 0.3) is 11.3 Å². The van der Waals surface area contributed by atoms with E-state index >= 15 is 0 Å². The average molecular weight is 565 g/mol. The lowest BCUT2D eigenvalue weighted by molar-refractivity contribution is -0.0344. The van der Waals surface area contributed by atoms with Crippen molar-refractivity contribution in [1.29, 1.82) is 5.26 Å². The summed E-state index contributed by atoms with van der Waals surface area (Å²) >= 11 is 0. The molecule has 6 rings (SSSR count). The van der Waals surface area contributed by atoms with Crippen molar-refractivity contribution in [2.24, 2.45) is 5.41 Å². The highest BCUT2D eigenvalue weighted by atomic mass is 19.1. The first-order valence-electron chi connectivity index (χ1n) is 13.9. The predicted molar refractivity (Wildman–Crippen MR) is 153 cm³/mol. The number of pyridine rings is 3. The van der Waals surface area contributed by atoms with E-state index in [2.05, 4.69) is 26.3 Å². The number of carbonyl (C=O) groups excluding carboxylic acids is 1. The molecule has 4 heterocycles. The number of benzene rings is 1. The van der Waals surface area contributed by atoms with Crippen LogP contribution in [0.2, 0.25) is 0 Å². The molecule has 2 aliphatic rings. The van der Waals surface area contributed by atoms with Gasteiger partial charge in [0.05, 0.1) is 41.4 Å². The molecule has 1 spiro atoms. The Morgan fingerprint density at radius 3 is 2.71 bits per heavy atom. The molecular formula is C32H29FN6O3. The van der Waals surface area contributed by atoms with Crippen LogP contribution >= 0.6 is 0 Å². The summed E-state index contributed by atoms with van der Waals surface area (Å²) in [5.41, 5.74) is 3.30. The predicted octanol–water partition coefficient (Wildman–Crippen LogP) is 4.93. The van der Waals surface area contributed by atoms with Gasteiger partial charge in [0.15, 0.2) is 11.4 Å². The van der Waals surface area contributed by atoms with Gasteiger partial charge in [0.25, 0.3) is 5.91 Å². The number of aromatic nitrogens is 3. The Kier molecular flexibility index (Phi) is 7.40. The van der Waals surface area contributed by atoms with Crippen LogP contribution in [0.4, 0.5) is 10.1 Å². The van der Waals surface area contributed by atoms with Crippen LogP contribution < -0.4 is 19.7 Å². The van der Waals surface area contributed by atoms with Crippen molar-refractivity contribution >= 4 is 11.6 Å². The Bertz CT molecular complexity index is 1640. The summed E-state index contributed by atoms with van der Waals surface area (Å²) in [4.78, 5) is 28.8. The van der Waals surface area contributed by atoms with E-state index in [1.165, 1.54) is 12.1 Å². The maximum atomic E-state index is 13.6. The van der Waals surface area contributed by atoms with Crippen molar-refractivity contribution in [3.8, 4) is 29.0 Å². The van der Waals surface area contributed by atoms with Crippen LogP contribution in [-0.2, 0) is 6.54 Å². The molecule has 212 valence electrons. The molecule has 1 aliphatic heterocycles. The second-order valence-corrected chi connectivity index (χ2v) is 10.6. The van der Waals surface area contributed by atoms with E-state index in [0.29, 0.717) is 35.1 Å². The second-order valence-electron chi connectivity index (χ2n) is 10.6. The van der Waals surface area contributed by atoms with Crippen LogP contribution in [0.1, 0.15) is 41.5 Å². The number of hydrogen-bond donors (Lipinski definition) is 1. The summed E-state index contributed by atoms with van der Waals surface area (Å²) in [5, 5.41) is 12.3. The lowest BCUT2D eigenvalue weighted by Gasteiger charge is -2.59. The van der Waals surface area contributed by atoms with Gasteiger partial charge in [-0.05, 0) is 74.4 Å². The minimum atomic E-state index is -0.417. The summed E-state index contributed by atoms with van der Waals surface area (Å²) < 4.78 is 25.6. The number of nitrogens with one attached hydrogen (secondary N) is 1. The third-order valence-corrected chi connectivity index (χ3v) is 7.64. The van der Waals surface area contributed by atoms with E-state index in [4.69, 9.17) is 14.5 Å². The fourth-order valence-corrected chi connectivity index (χ4v) is 5.68. The van der Waals surface area contributed by atoms with Crippen LogP contribution in [0, 0.1) is 22.6 Å². The highest BCUT2D eigenvalue weighted by Crippen LogP contribution is 2.51. The molecule has 1 N–H and O–H groups in total. The fourth-order valence-electron chi connectivity index (χ4n) is 5.68. The summed E-state index contributed by atoms with van der Waals surface area (Å²) in [6, 6.07) is 19.2. The smallest absolute Gasteiger partial charge is 0.274 e. The van der Waals surface area contributed by atoms with Gasteiger partial charge in [-0.2, -0.15) is 5.26 Å². The van der Waals surface area contributed by atoms with E-state index in [0.717, 1.165) is 37.3 Å². The third kappa shape index (κ3) is 5.46. The molecule has 1 amide bonds. The molecule has 10 heteroatoms. The number of nitrogens with zero attached hydrogens (tertiary/aromatic N) is 5. The van der Waals surface area contributed by atoms with E-state index < -0.39 is 5.82 Å². The molecule has 42 heavy (non-hydrogen) atoms. The van der Waals surface area contributed by atoms with Crippen molar-refractivity contribution < 1.29 is 18.7 Å². The standard InChI is InChI=1S/C32H29FN6O3/c1-2-41-31-25(7-5-13-36-31)26-9-11-28(29(38-26)30(40)37-18-23-6-3-4-12-35-23)42-24-15-32(16-24)19-39(20-32)27-10-8-22(33)14-21(27)17-34/h3-14,24H,2,15-16,18-20H2,1H3,(H,37,40). The molecule has 0 radical (unpaired) electrons. The normalized spacial score (nSPS) is 15.3. The monoisotopic (exact) mass is 564 g/mol. The summed E-state index contributed by atoms with van der Waals surface area (Å²) in [6.45, 7) is 4.11. The first-order valence-corrected chi connectivity index (χ1v) is 13.9. The van der Waals surface area contributed by atoms with Crippen molar-refractivity contribution in [2.75, 3.05) is 24.6 Å². The highest BCUT2D eigenvalue weighted by molar-refractivity contribution is 5.95. The number of ether oxygens (including phenoxy) is 2. The fraction of sp³-hybridized carbons (Fsp3) is 0.281. The quantitative estimate of drug-likeness (QED) is 0.305. The van der Waals surface area contributed by atoms with Crippen LogP contribution in [0.3, 0.4) is 0 Å². The average Bonchev–Trinajstić information content (AvgIpc) is 2.98. The Morgan fingerprint density at radius 1 is 1.12 bits per heavy atom. The Balaban J connectivity index is 1.18. The van der Waals surface area contributed by atoms with E-state index in [1.54, 1.807) is 30.6 Å². The van der Waals surface area contributed by atoms with Gasteiger partial charge in [-0.3, -0.25) is 9.78 Å². The first-order chi connectivity index (χ1) is 20.5. The molecule has 4 aromatic rings. The first kappa shape index (κ1) is 27.1. The number of halogens is 1. The zero-order valence-electron chi connectivity index (χ0n) is 23.1. The van der Waals surface area contributed by atoms with Gasteiger partial charge in [-0.1, -0.05) is 6.07 Å². The van der Waals surface area contributed by atoms with Gasteiger partial charge < -0.3 is 19.7 Å². The molecule has 1 aromatic carbocycles. The van der Waals surface area contributed by atoms with Gasteiger partial charge in [0.1, 0.15) is 18.0 Å². The SMILES string of the molecule is CCOc1ncccc1-c1ccc(OC2CC3(C2)CN(c2ccc(F)cc2C#N)C3)c(C(=O)NCc2ccccn2)n1. The maximum Gasteiger partial charge on any atom is 0.274 e. The number of rotatable bonds is 9. The van der Waals surface area contributed by atoms with Crippen LogP contribution in [0.5, 0.6) is 11.6 Å². The zero-order chi connectivity index (χ0) is 29.1.